The van der Waals surface area contributed by atoms with Gasteiger partial charge in [-0.05, 0) is 37.1 Å². The summed E-state index contributed by atoms with van der Waals surface area (Å²) < 4.78 is 7.22. The van der Waals surface area contributed by atoms with E-state index in [9.17, 15) is 9.59 Å². The molecular formula is C19H21N3O3. The molecule has 0 aliphatic carbocycles. The van der Waals surface area contributed by atoms with E-state index in [2.05, 4.69) is 10.3 Å². The molecule has 0 unspecified atom stereocenters. The summed E-state index contributed by atoms with van der Waals surface area (Å²) in [6.45, 7) is 6.36. The van der Waals surface area contributed by atoms with E-state index in [1.54, 1.807) is 12.3 Å². The molecule has 0 spiro atoms. The smallest absolute Gasteiger partial charge is 0.336 e. The molecule has 1 N–H and O–H groups in total. The molecule has 0 atom stereocenters. The first-order valence-corrected chi connectivity index (χ1v) is 8.33. The van der Waals surface area contributed by atoms with Crippen LogP contribution in [-0.2, 0) is 17.8 Å². The number of anilines is 1. The van der Waals surface area contributed by atoms with Gasteiger partial charge in [-0.25, -0.2) is 9.78 Å². The van der Waals surface area contributed by atoms with E-state index < -0.39 is 0 Å². The van der Waals surface area contributed by atoms with Crippen LogP contribution >= 0.6 is 0 Å². The van der Waals surface area contributed by atoms with Gasteiger partial charge in [0.05, 0.1) is 0 Å². The number of amides is 1. The molecule has 6 heteroatoms. The van der Waals surface area contributed by atoms with Crippen molar-refractivity contribution in [3.05, 3.63) is 58.0 Å². The van der Waals surface area contributed by atoms with Gasteiger partial charge in [0.2, 0.25) is 5.91 Å². The number of aryl methyl sites for hydroxylation is 4. The molecule has 0 saturated carbocycles. The molecule has 0 radical (unpaired) electrons. The number of imidazole rings is 1. The van der Waals surface area contributed by atoms with Crippen molar-refractivity contribution in [3.8, 4) is 0 Å². The monoisotopic (exact) mass is 339 g/mol. The summed E-state index contributed by atoms with van der Waals surface area (Å²) in [7, 11) is 0. The molecule has 25 heavy (non-hydrogen) atoms. The SMILES string of the molecule is CCc1nccn1CCC(=O)Nc1cc2c(C)cc(=O)oc2cc1C. The minimum Gasteiger partial charge on any atom is -0.423 e. The van der Waals surface area contributed by atoms with Crippen molar-refractivity contribution in [3.63, 3.8) is 0 Å². The maximum Gasteiger partial charge on any atom is 0.336 e. The largest absolute Gasteiger partial charge is 0.423 e. The van der Waals surface area contributed by atoms with E-state index in [1.165, 1.54) is 6.07 Å². The number of nitrogens with zero attached hydrogens (tertiary/aromatic N) is 2. The van der Waals surface area contributed by atoms with Crippen molar-refractivity contribution >= 4 is 22.6 Å². The maximum absolute atomic E-state index is 12.3. The molecule has 0 bridgehead atoms. The lowest BCUT2D eigenvalue weighted by molar-refractivity contribution is -0.116. The number of carbonyl (C=O) groups is 1. The van der Waals surface area contributed by atoms with Crippen LogP contribution in [0, 0.1) is 13.8 Å². The van der Waals surface area contributed by atoms with Crippen LogP contribution in [0.25, 0.3) is 11.0 Å². The highest BCUT2D eigenvalue weighted by molar-refractivity contribution is 5.95. The molecule has 2 aromatic heterocycles. The van der Waals surface area contributed by atoms with Crippen LogP contribution < -0.4 is 10.9 Å². The van der Waals surface area contributed by atoms with Crippen molar-refractivity contribution in [1.29, 1.82) is 0 Å². The van der Waals surface area contributed by atoms with Crippen molar-refractivity contribution in [2.24, 2.45) is 0 Å². The lowest BCUT2D eigenvalue weighted by Gasteiger charge is -2.11. The fourth-order valence-electron chi connectivity index (χ4n) is 2.89. The van der Waals surface area contributed by atoms with E-state index in [1.807, 2.05) is 37.6 Å². The van der Waals surface area contributed by atoms with Gasteiger partial charge in [0, 0.05) is 48.9 Å². The number of benzene rings is 1. The fourth-order valence-corrected chi connectivity index (χ4v) is 2.89. The highest BCUT2D eigenvalue weighted by Crippen LogP contribution is 2.25. The van der Waals surface area contributed by atoms with Crippen LogP contribution in [0.4, 0.5) is 5.69 Å². The minimum atomic E-state index is -0.367. The molecule has 0 aliphatic heterocycles. The van der Waals surface area contributed by atoms with Gasteiger partial charge in [-0.2, -0.15) is 0 Å². The normalized spacial score (nSPS) is 11.0. The Morgan fingerprint density at radius 3 is 2.80 bits per heavy atom. The third kappa shape index (κ3) is 3.63. The Morgan fingerprint density at radius 2 is 2.04 bits per heavy atom. The third-order valence-corrected chi connectivity index (χ3v) is 4.27. The fraction of sp³-hybridized carbons (Fsp3) is 0.316. The second-order valence-corrected chi connectivity index (χ2v) is 6.10. The average Bonchev–Trinajstić information content (AvgIpc) is 3.01. The van der Waals surface area contributed by atoms with E-state index >= 15 is 0 Å². The number of rotatable bonds is 5. The summed E-state index contributed by atoms with van der Waals surface area (Å²) in [6, 6.07) is 5.09. The molecule has 0 fully saturated rings. The summed E-state index contributed by atoms with van der Waals surface area (Å²) in [5, 5.41) is 3.77. The number of aromatic nitrogens is 2. The summed E-state index contributed by atoms with van der Waals surface area (Å²) >= 11 is 0. The summed E-state index contributed by atoms with van der Waals surface area (Å²) in [5.74, 6) is 0.911. The lowest BCUT2D eigenvalue weighted by Crippen LogP contribution is -2.16. The number of carbonyl (C=O) groups excluding carboxylic acids is 1. The predicted molar refractivity (Wildman–Crippen MR) is 96.8 cm³/mol. The first-order valence-electron chi connectivity index (χ1n) is 8.33. The summed E-state index contributed by atoms with van der Waals surface area (Å²) in [4.78, 5) is 28.1. The molecule has 2 heterocycles. The van der Waals surface area contributed by atoms with Crippen LogP contribution in [0.3, 0.4) is 0 Å². The number of hydrogen-bond donors (Lipinski definition) is 1. The molecule has 3 rings (SSSR count). The summed E-state index contributed by atoms with van der Waals surface area (Å²) in [6.07, 6.45) is 4.84. The molecule has 130 valence electrons. The zero-order valence-corrected chi connectivity index (χ0v) is 14.6. The van der Waals surface area contributed by atoms with Gasteiger partial charge in [0.25, 0.3) is 0 Å². The standard InChI is InChI=1S/C19H21N3O3/c1-4-17-20-6-8-22(17)7-5-18(23)21-15-11-14-12(2)10-19(24)25-16(14)9-13(15)3/h6,8-11H,4-5,7H2,1-3H3,(H,21,23). The molecule has 0 aliphatic rings. The van der Waals surface area contributed by atoms with Crippen molar-refractivity contribution in [2.45, 2.75) is 40.2 Å². The van der Waals surface area contributed by atoms with E-state index in [0.717, 1.165) is 34.4 Å². The lowest BCUT2D eigenvalue weighted by atomic mass is 10.1. The second-order valence-electron chi connectivity index (χ2n) is 6.10. The minimum absolute atomic E-state index is 0.0618. The van der Waals surface area contributed by atoms with Gasteiger partial charge in [-0.3, -0.25) is 4.79 Å². The molecule has 3 aromatic rings. The first-order chi connectivity index (χ1) is 12.0. The van der Waals surface area contributed by atoms with Gasteiger partial charge in [-0.15, -0.1) is 0 Å². The Kier molecular flexibility index (Phi) is 4.70. The van der Waals surface area contributed by atoms with Gasteiger partial charge >= 0.3 is 5.63 Å². The first kappa shape index (κ1) is 17.0. The van der Waals surface area contributed by atoms with Crippen LogP contribution in [0.2, 0.25) is 0 Å². The van der Waals surface area contributed by atoms with Crippen molar-refractivity contribution in [2.75, 3.05) is 5.32 Å². The van der Waals surface area contributed by atoms with Crippen LogP contribution in [0.5, 0.6) is 0 Å². The summed E-state index contributed by atoms with van der Waals surface area (Å²) in [5.41, 5.74) is 2.58. The molecule has 0 saturated heterocycles. The van der Waals surface area contributed by atoms with E-state index in [4.69, 9.17) is 4.42 Å². The third-order valence-electron chi connectivity index (χ3n) is 4.27. The zero-order chi connectivity index (χ0) is 18.0. The predicted octanol–water partition coefficient (Wildman–Crippen LogP) is 3.20. The molecular weight excluding hydrogens is 318 g/mol. The Bertz CT molecular complexity index is 985. The van der Waals surface area contributed by atoms with Crippen molar-refractivity contribution in [1.82, 2.24) is 9.55 Å². The van der Waals surface area contributed by atoms with Crippen LogP contribution in [0.15, 0.2) is 39.8 Å². The second kappa shape index (κ2) is 6.93. The van der Waals surface area contributed by atoms with Gasteiger partial charge in [0.1, 0.15) is 11.4 Å². The Labute approximate surface area is 145 Å². The van der Waals surface area contributed by atoms with Gasteiger partial charge in [0.15, 0.2) is 0 Å². The Morgan fingerprint density at radius 1 is 1.24 bits per heavy atom. The van der Waals surface area contributed by atoms with Crippen LogP contribution in [-0.4, -0.2) is 15.5 Å². The van der Waals surface area contributed by atoms with Crippen LogP contribution in [0.1, 0.15) is 30.3 Å². The van der Waals surface area contributed by atoms with Gasteiger partial charge < -0.3 is 14.3 Å². The Balaban J connectivity index is 1.77. The van der Waals surface area contributed by atoms with E-state index in [0.29, 0.717) is 18.5 Å². The molecule has 6 nitrogen and oxygen atoms in total. The topological polar surface area (TPSA) is 77.1 Å². The average molecular weight is 339 g/mol. The zero-order valence-electron chi connectivity index (χ0n) is 14.6. The number of nitrogens with one attached hydrogen (secondary N) is 1. The molecule has 1 amide bonds. The quantitative estimate of drug-likeness (QED) is 0.724. The van der Waals surface area contributed by atoms with Gasteiger partial charge in [-0.1, -0.05) is 6.92 Å². The van der Waals surface area contributed by atoms with Crippen molar-refractivity contribution < 1.29 is 9.21 Å². The highest BCUT2D eigenvalue weighted by Gasteiger charge is 2.10. The Hall–Kier alpha value is -2.89. The van der Waals surface area contributed by atoms with E-state index in [-0.39, 0.29) is 11.5 Å². The maximum atomic E-state index is 12.3. The molecule has 1 aromatic carbocycles. The highest BCUT2D eigenvalue weighted by atomic mass is 16.4. The number of fused-ring (bicyclic) bond motifs is 1. The number of hydrogen-bond acceptors (Lipinski definition) is 4.